The Morgan fingerprint density at radius 2 is 1.50 bits per heavy atom. The lowest BCUT2D eigenvalue weighted by Gasteiger charge is -2.20. The Labute approximate surface area is 144 Å². The van der Waals surface area contributed by atoms with Crippen molar-refractivity contribution in [3.63, 3.8) is 0 Å². The van der Waals surface area contributed by atoms with Crippen molar-refractivity contribution in [3.8, 4) is 0 Å². The van der Waals surface area contributed by atoms with Gasteiger partial charge in [-0.3, -0.25) is 4.79 Å². The van der Waals surface area contributed by atoms with Crippen LogP contribution in [0.3, 0.4) is 0 Å². The second-order valence-corrected chi connectivity index (χ2v) is 5.89. The third kappa shape index (κ3) is 3.33. The van der Waals surface area contributed by atoms with Crippen molar-refractivity contribution in [1.29, 1.82) is 0 Å². The molecule has 1 amide bonds. The molecule has 2 aromatic rings. The number of rotatable bonds is 1. The van der Waals surface area contributed by atoms with Gasteiger partial charge < -0.3 is 10.6 Å². The molecule has 0 saturated carbocycles. The van der Waals surface area contributed by atoms with Crippen LogP contribution in [0.25, 0.3) is 0 Å². The monoisotopic (exact) mass is 374 g/mol. The topological polar surface area (TPSA) is 46.3 Å². The number of halogens is 6. The summed E-state index contributed by atoms with van der Waals surface area (Å²) in [5.41, 5.74) is 3.52. The van der Waals surface area contributed by atoms with E-state index in [1.807, 2.05) is 0 Å². The standard InChI is InChI=1S/C17H12F6N2O/c18-16(19,20)11-5-10(6-12(8-11)17(21,22)23)15(26)25-4-3-9-7-13(24)1-2-14(9)25/h1-2,5-8H,3-4,24H2. The van der Waals surface area contributed by atoms with Crippen LogP contribution >= 0.6 is 0 Å². The van der Waals surface area contributed by atoms with Gasteiger partial charge in [0, 0.05) is 23.5 Å². The Morgan fingerprint density at radius 1 is 0.923 bits per heavy atom. The van der Waals surface area contributed by atoms with E-state index in [9.17, 15) is 31.1 Å². The van der Waals surface area contributed by atoms with E-state index in [0.717, 1.165) is 4.90 Å². The maximum absolute atomic E-state index is 13.0. The molecule has 0 aromatic heterocycles. The summed E-state index contributed by atoms with van der Waals surface area (Å²) in [5.74, 6) is -0.926. The quantitative estimate of drug-likeness (QED) is 0.590. The van der Waals surface area contributed by atoms with Gasteiger partial charge in [0.05, 0.1) is 11.1 Å². The second-order valence-electron chi connectivity index (χ2n) is 5.89. The predicted octanol–water partition coefficient (Wildman–Crippen LogP) is 4.51. The summed E-state index contributed by atoms with van der Waals surface area (Å²) in [6, 6.07) is 5.52. The molecule has 2 aromatic carbocycles. The van der Waals surface area contributed by atoms with Crippen molar-refractivity contribution in [3.05, 3.63) is 58.7 Å². The molecule has 0 fully saturated rings. The SMILES string of the molecule is Nc1ccc2c(c1)CCN2C(=O)c1cc(C(F)(F)F)cc(C(F)(F)F)c1. The first-order valence-electron chi connectivity index (χ1n) is 7.46. The van der Waals surface area contributed by atoms with Crippen molar-refractivity contribution in [1.82, 2.24) is 0 Å². The minimum absolute atomic E-state index is 0.00456. The zero-order valence-electron chi connectivity index (χ0n) is 13.1. The molecule has 1 heterocycles. The number of nitrogen functional groups attached to an aromatic ring is 1. The molecule has 3 rings (SSSR count). The summed E-state index contributed by atoms with van der Waals surface area (Å²) in [6.07, 6.45) is -9.60. The third-order valence-electron chi connectivity index (χ3n) is 4.08. The number of nitrogens with two attached hydrogens (primary N) is 1. The molecule has 0 aliphatic carbocycles. The molecule has 138 valence electrons. The van der Waals surface area contributed by atoms with Gasteiger partial charge in [-0.2, -0.15) is 26.3 Å². The van der Waals surface area contributed by atoms with E-state index >= 15 is 0 Å². The van der Waals surface area contributed by atoms with Crippen LogP contribution in [0.2, 0.25) is 0 Å². The summed E-state index contributed by atoms with van der Waals surface area (Å²) in [4.78, 5) is 13.8. The summed E-state index contributed by atoms with van der Waals surface area (Å²) in [5, 5.41) is 0. The summed E-state index contributed by atoms with van der Waals surface area (Å²) < 4.78 is 77.7. The average molecular weight is 374 g/mol. The maximum Gasteiger partial charge on any atom is 0.416 e. The van der Waals surface area contributed by atoms with Crippen LogP contribution in [0.15, 0.2) is 36.4 Å². The van der Waals surface area contributed by atoms with Crippen LogP contribution in [0, 0.1) is 0 Å². The van der Waals surface area contributed by atoms with Crippen molar-refractivity contribution >= 4 is 17.3 Å². The highest BCUT2D eigenvalue weighted by atomic mass is 19.4. The largest absolute Gasteiger partial charge is 0.416 e. The van der Waals surface area contributed by atoms with E-state index in [1.54, 1.807) is 6.07 Å². The molecule has 0 spiro atoms. The Balaban J connectivity index is 2.06. The van der Waals surface area contributed by atoms with Gasteiger partial charge in [0.25, 0.3) is 5.91 Å². The van der Waals surface area contributed by atoms with E-state index < -0.39 is 35.0 Å². The van der Waals surface area contributed by atoms with E-state index in [2.05, 4.69) is 0 Å². The lowest BCUT2D eigenvalue weighted by atomic mass is 10.0. The lowest BCUT2D eigenvalue weighted by Crippen LogP contribution is -2.29. The van der Waals surface area contributed by atoms with Gasteiger partial charge in [-0.15, -0.1) is 0 Å². The zero-order valence-corrected chi connectivity index (χ0v) is 13.1. The molecule has 26 heavy (non-hydrogen) atoms. The molecular formula is C17H12F6N2O. The molecule has 3 nitrogen and oxygen atoms in total. The molecule has 0 saturated heterocycles. The highest BCUT2D eigenvalue weighted by molar-refractivity contribution is 6.07. The number of anilines is 2. The van der Waals surface area contributed by atoms with Crippen molar-refractivity contribution in [2.75, 3.05) is 17.2 Å². The number of hydrogen-bond donors (Lipinski definition) is 1. The molecule has 0 radical (unpaired) electrons. The zero-order chi connectivity index (χ0) is 19.3. The van der Waals surface area contributed by atoms with Gasteiger partial charge in [-0.1, -0.05) is 0 Å². The Hall–Kier alpha value is -2.71. The van der Waals surface area contributed by atoms with Gasteiger partial charge in [-0.05, 0) is 48.4 Å². The Morgan fingerprint density at radius 3 is 2.04 bits per heavy atom. The molecule has 1 aliphatic rings. The highest BCUT2D eigenvalue weighted by Gasteiger charge is 2.38. The predicted molar refractivity (Wildman–Crippen MR) is 82.7 cm³/mol. The molecule has 1 aliphatic heterocycles. The van der Waals surface area contributed by atoms with E-state index in [0.29, 0.717) is 35.5 Å². The van der Waals surface area contributed by atoms with Gasteiger partial charge >= 0.3 is 12.4 Å². The van der Waals surface area contributed by atoms with Crippen LogP contribution in [0.1, 0.15) is 27.0 Å². The Bertz CT molecular complexity index is 840. The molecule has 0 unspecified atom stereocenters. The lowest BCUT2D eigenvalue weighted by molar-refractivity contribution is -0.143. The van der Waals surface area contributed by atoms with Crippen LogP contribution < -0.4 is 10.6 Å². The Kier molecular flexibility index (Phi) is 4.12. The van der Waals surface area contributed by atoms with Crippen LogP contribution in [0.5, 0.6) is 0 Å². The summed E-state index contributed by atoms with van der Waals surface area (Å²) in [7, 11) is 0. The number of nitrogens with zero attached hydrogens (tertiary/aromatic N) is 1. The highest BCUT2D eigenvalue weighted by Crippen LogP contribution is 2.37. The molecule has 2 N–H and O–H groups in total. The van der Waals surface area contributed by atoms with Gasteiger partial charge in [0.1, 0.15) is 0 Å². The summed E-state index contributed by atoms with van der Waals surface area (Å²) >= 11 is 0. The average Bonchev–Trinajstić information content (AvgIpc) is 2.95. The maximum atomic E-state index is 13.0. The first-order chi connectivity index (χ1) is 12.0. The number of fused-ring (bicyclic) bond motifs is 1. The molecule has 0 bridgehead atoms. The third-order valence-corrected chi connectivity index (χ3v) is 4.08. The van der Waals surface area contributed by atoms with Gasteiger partial charge in [0.15, 0.2) is 0 Å². The minimum Gasteiger partial charge on any atom is -0.399 e. The van der Waals surface area contributed by atoms with Gasteiger partial charge in [-0.25, -0.2) is 0 Å². The van der Waals surface area contributed by atoms with Crippen LogP contribution in [-0.2, 0) is 18.8 Å². The number of carbonyl (C=O) groups is 1. The van der Waals surface area contributed by atoms with E-state index in [-0.39, 0.29) is 12.6 Å². The molecular weight excluding hydrogens is 362 g/mol. The van der Waals surface area contributed by atoms with Crippen molar-refractivity contribution < 1.29 is 31.1 Å². The molecule has 0 atom stereocenters. The fourth-order valence-corrected chi connectivity index (χ4v) is 2.87. The van der Waals surface area contributed by atoms with Crippen LogP contribution in [0.4, 0.5) is 37.7 Å². The first kappa shape index (κ1) is 18.1. The van der Waals surface area contributed by atoms with Crippen molar-refractivity contribution in [2.24, 2.45) is 0 Å². The van der Waals surface area contributed by atoms with E-state index in [1.165, 1.54) is 12.1 Å². The number of amides is 1. The molecule has 9 heteroatoms. The number of benzene rings is 2. The normalized spacial score (nSPS) is 14.5. The fraction of sp³-hybridized carbons (Fsp3) is 0.235. The van der Waals surface area contributed by atoms with Gasteiger partial charge in [0.2, 0.25) is 0 Å². The second kappa shape index (κ2) is 5.93. The smallest absolute Gasteiger partial charge is 0.399 e. The summed E-state index contributed by atoms with van der Waals surface area (Å²) in [6.45, 7) is 0.148. The number of carbonyl (C=O) groups excluding carboxylic acids is 1. The van der Waals surface area contributed by atoms with Crippen molar-refractivity contribution in [2.45, 2.75) is 18.8 Å². The fourth-order valence-electron chi connectivity index (χ4n) is 2.87. The first-order valence-corrected chi connectivity index (χ1v) is 7.46. The van der Waals surface area contributed by atoms with Crippen LogP contribution in [-0.4, -0.2) is 12.5 Å². The van der Waals surface area contributed by atoms with E-state index in [4.69, 9.17) is 5.73 Å². The minimum atomic E-state index is -5.01. The number of hydrogen-bond acceptors (Lipinski definition) is 2. The number of alkyl halides is 6.